The summed E-state index contributed by atoms with van der Waals surface area (Å²) >= 11 is 0. The van der Waals surface area contributed by atoms with E-state index < -0.39 is 23.5 Å². The number of carboxylic acid groups (broad SMARTS) is 1. The quantitative estimate of drug-likeness (QED) is 0.682. The minimum atomic E-state index is -1.04. The molecular formula is C12H22N2O3. The number of nitrogens with two attached hydrogens (primary N) is 1. The second kappa shape index (κ2) is 5.49. The lowest BCUT2D eigenvalue weighted by Gasteiger charge is -2.30. The van der Waals surface area contributed by atoms with Crippen LogP contribution in [0, 0.1) is 5.92 Å². The van der Waals surface area contributed by atoms with Gasteiger partial charge in [-0.05, 0) is 32.6 Å². The molecule has 1 atom stereocenters. The molecule has 17 heavy (non-hydrogen) atoms. The Morgan fingerprint density at radius 3 is 2.24 bits per heavy atom. The van der Waals surface area contributed by atoms with Gasteiger partial charge in [0.1, 0.15) is 6.04 Å². The van der Waals surface area contributed by atoms with Gasteiger partial charge in [-0.3, -0.25) is 4.79 Å². The van der Waals surface area contributed by atoms with Crippen molar-refractivity contribution in [3.05, 3.63) is 0 Å². The van der Waals surface area contributed by atoms with E-state index in [-0.39, 0.29) is 5.92 Å². The molecule has 0 spiro atoms. The van der Waals surface area contributed by atoms with E-state index in [1.807, 2.05) is 0 Å². The Labute approximate surface area is 102 Å². The summed E-state index contributed by atoms with van der Waals surface area (Å²) in [5, 5.41) is 11.7. The lowest BCUT2D eigenvalue weighted by atomic mass is 9.83. The molecule has 0 aromatic heterocycles. The van der Waals surface area contributed by atoms with Crippen molar-refractivity contribution in [3.63, 3.8) is 0 Å². The van der Waals surface area contributed by atoms with Gasteiger partial charge in [0.15, 0.2) is 0 Å². The average molecular weight is 242 g/mol. The summed E-state index contributed by atoms with van der Waals surface area (Å²) in [5.74, 6) is -1.34. The van der Waals surface area contributed by atoms with Crippen LogP contribution in [0.2, 0.25) is 0 Å². The molecular weight excluding hydrogens is 220 g/mol. The van der Waals surface area contributed by atoms with Crippen molar-refractivity contribution in [2.45, 2.75) is 57.5 Å². The Morgan fingerprint density at radius 2 is 1.82 bits per heavy atom. The summed E-state index contributed by atoms with van der Waals surface area (Å²) < 4.78 is 0. The molecule has 0 heterocycles. The molecule has 1 rings (SSSR count). The van der Waals surface area contributed by atoms with Crippen LogP contribution >= 0.6 is 0 Å². The van der Waals surface area contributed by atoms with Gasteiger partial charge in [-0.2, -0.15) is 0 Å². The number of carbonyl (C=O) groups is 2. The first-order valence-electron chi connectivity index (χ1n) is 6.15. The van der Waals surface area contributed by atoms with E-state index in [2.05, 4.69) is 5.32 Å². The summed E-state index contributed by atoms with van der Waals surface area (Å²) in [7, 11) is 0. The molecule has 5 heteroatoms. The van der Waals surface area contributed by atoms with E-state index in [1.54, 1.807) is 13.8 Å². The molecule has 0 saturated heterocycles. The van der Waals surface area contributed by atoms with Gasteiger partial charge in [0.05, 0.1) is 5.54 Å². The SMILES string of the molecule is CC(C)(N)C(=O)NC(C(=O)O)C1CCCCC1. The first-order valence-corrected chi connectivity index (χ1v) is 6.15. The normalized spacial score (nSPS) is 19.7. The van der Waals surface area contributed by atoms with Crippen LogP contribution in [0.5, 0.6) is 0 Å². The van der Waals surface area contributed by atoms with Crippen molar-refractivity contribution in [1.29, 1.82) is 0 Å². The van der Waals surface area contributed by atoms with Crippen molar-refractivity contribution in [2.75, 3.05) is 0 Å². The van der Waals surface area contributed by atoms with Crippen LogP contribution in [0.15, 0.2) is 0 Å². The first-order chi connectivity index (χ1) is 7.82. The highest BCUT2D eigenvalue weighted by Gasteiger charge is 2.33. The number of carbonyl (C=O) groups excluding carboxylic acids is 1. The molecule has 0 aromatic carbocycles. The van der Waals surface area contributed by atoms with Crippen LogP contribution in [0.1, 0.15) is 46.0 Å². The molecule has 0 aromatic rings. The zero-order chi connectivity index (χ0) is 13.1. The molecule has 1 aliphatic carbocycles. The molecule has 0 bridgehead atoms. The molecule has 1 fully saturated rings. The second-order valence-electron chi connectivity index (χ2n) is 5.41. The number of hydrogen-bond donors (Lipinski definition) is 3. The van der Waals surface area contributed by atoms with Crippen LogP contribution in [0.25, 0.3) is 0 Å². The van der Waals surface area contributed by atoms with Crippen LogP contribution in [0.3, 0.4) is 0 Å². The molecule has 0 aliphatic heterocycles. The molecule has 5 nitrogen and oxygen atoms in total. The van der Waals surface area contributed by atoms with Gasteiger partial charge in [0.2, 0.25) is 5.91 Å². The lowest BCUT2D eigenvalue weighted by Crippen LogP contribution is -2.56. The summed E-state index contributed by atoms with van der Waals surface area (Å²) in [4.78, 5) is 22.9. The number of aliphatic carboxylic acids is 1. The topological polar surface area (TPSA) is 92.4 Å². The molecule has 1 aliphatic rings. The maximum atomic E-state index is 11.7. The van der Waals surface area contributed by atoms with Crippen molar-refractivity contribution in [1.82, 2.24) is 5.32 Å². The number of amides is 1. The number of rotatable bonds is 4. The Kier molecular flexibility index (Phi) is 4.51. The number of nitrogens with one attached hydrogen (secondary N) is 1. The molecule has 0 radical (unpaired) electrons. The largest absolute Gasteiger partial charge is 0.480 e. The summed E-state index contributed by atoms with van der Waals surface area (Å²) in [5.41, 5.74) is 4.61. The monoisotopic (exact) mass is 242 g/mol. The minimum Gasteiger partial charge on any atom is -0.480 e. The maximum Gasteiger partial charge on any atom is 0.326 e. The fourth-order valence-electron chi connectivity index (χ4n) is 2.18. The van der Waals surface area contributed by atoms with E-state index in [9.17, 15) is 14.7 Å². The van der Waals surface area contributed by atoms with Crippen molar-refractivity contribution in [3.8, 4) is 0 Å². The van der Waals surface area contributed by atoms with Gasteiger partial charge < -0.3 is 16.2 Å². The van der Waals surface area contributed by atoms with E-state index in [0.717, 1.165) is 32.1 Å². The lowest BCUT2D eigenvalue weighted by molar-refractivity contribution is -0.144. The Bertz CT molecular complexity index is 291. The van der Waals surface area contributed by atoms with Gasteiger partial charge >= 0.3 is 5.97 Å². The third-order valence-electron chi connectivity index (χ3n) is 3.26. The van der Waals surface area contributed by atoms with E-state index in [4.69, 9.17) is 5.73 Å². The van der Waals surface area contributed by atoms with Crippen LogP contribution in [-0.2, 0) is 9.59 Å². The van der Waals surface area contributed by atoms with Gasteiger partial charge in [0.25, 0.3) is 0 Å². The van der Waals surface area contributed by atoms with Crippen LogP contribution < -0.4 is 11.1 Å². The Hall–Kier alpha value is -1.10. The van der Waals surface area contributed by atoms with E-state index >= 15 is 0 Å². The average Bonchev–Trinajstić information content (AvgIpc) is 2.25. The summed E-state index contributed by atoms with van der Waals surface area (Å²) in [6.45, 7) is 3.14. The highest BCUT2D eigenvalue weighted by molar-refractivity contribution is 5.89. The molecule has 1 saturated carbocycles. The van der Waals surface area contributed by atoms with E-state index in [0.29, 0.717) is 0 Å². The first kappa shape index (κ1) is 14.0. The predicted octanol–water partition coefficient (Wildman–Crippen LogP) is 0.873. The number of hydrogen-bond acceptors (Lipinski definition) is 3. The van der Waals surface area contributed by atoms with Crippen LogP contribution in [0.4, 0.5) is 0 Å². The highest BCUT2D eigenvalue weighted by atomic mass is 16.4. The maximum absolute atomic E-state index is 11.7. The predicted molar refractivity (Wildman–Crippen MR) is 64.4 cm³/mol. The van der Waals surface area contributed by atoms with Gasteiger partial charge in [0, 0.05) is 0 Å². The Morgan fingerprint density at radius 1 is 1.29 bits per heavy atom. The fraction of sp³-hybridized carbons (Fsp3) is 0.833. The summed E-state index contributed by atoms with van der Waals surface area (Å²) in [6.07, 6.45) is 4.95. The third kappa shape index (κ3) is 4.00. The zero-order valence-electron chi connectivity index (χ0n) is 10.5. The standard InChI is InChI=1S/C12H22N2O3/c1-12(2,13)11(17)14-9(10(15)16)8-6-4-3-5-7-8/h8-9H,3-7,13H2,1-2H3,(H,14,17)(H,15,16). The van der Waals surface area contributed by atoms with Crippen molar-refractivity contribution >= 4 is 11.9 Å². The van der Waals surface area contributed by atoms with Gasteiger partial charge in [-0.1, -0.05) is 19.3 Å². The van der Waals surface area contributed by atoms with Gasteiger partial charge in [-0.25, -0.2) is 4.79 Å². The van der Waals surface area contributed by atoms with Crippen LogP contribution in [-0.4, -0.2) is 28.6 Å². The second-order valence-corrected chi connectivity index (χ2v) is 5.41. The highest BCUT2D eigenvalue weighted by Crippen LogP contribution is 2.26. The molecule has 98 valence electrons. The molecule has 1 unspecified atom stereocenters. The Balaban J connectivity index is 2.66. The summed E-state index contributed by atoms with van der Waals surface area (Å²) in [6, 6.07) is -0.800. The number of carboxylic acids is 1. The third-order valence-corrected chi connectivity index (χ3v) is 3.26. The smallest absolute Gasteiger partial charge is 0.326 e. The fourth-order valence-corrected chi connectivity index (χ4v) is 2.18. The van der Waals surface area contributed by atoms with Gasteiger partial charge in [-0.15, -0.1) is 0 Å². The van der Waals surface area contributed by atoms with E-state index in [1.165, 1.54) is 0 Å². The van der Waals surface area contributed by atoms with Crippen molar-refractivity contribution < 1.29 is 14.7 Å². The molecule has 1 amide bonds. The van der Waals surface area contributed by atoms with Crippen molar-refractivity contribution in [2.24, 2.45) is 11.7 Å². The minimum absolute atomic E-state index is 0.0348. The molecule has 4 N–H and O–H groups in total. The zero-order valence-corrected chi connectivity index (χ0v) is 10.5.